The average molecular weight is 441 g/mol. The summed E-state index contributed by atoms with van der Waals surface area (Å²) in [4.78, 5) is 38.8. The van der Waals surface area contributed by atoms with Crippen LogP contribution in [0.5, 0.6) is 5.75 Å². The van der Waals surface area contributed by atoms with Gasteiger partial charge in [-0.3, -0.25) is 14.4 Å². The molecule has 0 atom stereocenters. The number of furan rings is 1. The van der Waals surface area contributed by atoms with Crippen molar-refractivity contribution in [3.63, 3.8) is 0 Å². The highest BCUT2D eigenvalue weighted by Gasteiger charge is 2.25. The van der Waals surface area contributed by atoms with Crippen molar-refractivity contribution < 1.29 is 23.5 Å². The Hall–Kier alpha value is -3.09. The summed E-state index contributed by atoms with van der Waals surface area (Å²) in [5.41, 5.74) is 1.13. The van der Waals surface area contributed by atoms with E-state index in [0.717, 1.165) is 25.0 Å². The van der Waals surface area contributed by atoms with E-state index < -0.39 is 0 Å². The minimum Gasteiger partial charge on any atom is -0.494 e. The maximum atomic E-state index is 12.4. The zero-order valence-electron chi connectivity index (χ0n) is 18.7. The van der Waals surface area contributed by atoms with Gasteiger partial charge in [-0.2, -0.15) is 0 Å². The van der Waals surface area contributed by atoms with Crippen molar-refractivity contribution >= 4 is 17.6 Å². The fourth-order valence-electron chi connectivity index (χ4n) is 3.75. The number of nitrogens with zero attached hydrogens (tertiary/aromatic N) is 1. The van der Waals surface area contributed by atoms with E-state index in [1.54, 1.807) is 35.2 Å². The van der Waals surface area contributed by atoms with Gasteiger partial charge in [0.15, 0.2) is 5.78 Å². The highest BCUT2D eigenvalue weighted by Crippen LogP contribution is 2.16. The number of hydrogen-bond acceptors (Lipinski definition) is 5. The molecule has 7 heteroatoms. The van der Waals surface area contributed by atoms with E-state index in [9.17, 15) is 14.4 Å². The number of ketones is 1. The number of hydrogen-bond donors (Lipinski definition) is 1. The van der Waals surface area contributed by atoms with Crippen LogP contribution in [-0.2, 0) is 4.79 Å². The molecule has 32 heavy (non-hydrogen) atoms. The maximum Gasteiger partial charge on any atom is 0.257 e. The van der Waals surface area contributed by atoms with E-state index in [-0.39, 0.29) is 36.5 Å². The van der Waals surface area contributed by atoms with Gasteiger partial charge in [-0.25, -0.2) is 0 Å². The van der Waals surface area contributed by atoms with E-state index in [4.69, 9.17) is 9.15 Å². The number of benzene rings is 1. The fraction of sp³-hybridized carbons (Fsp3) is 0.480. The first-order chi connectivity index (χ1) is 15.6. The Labute approximate surface area is 189 Å². The lowest BCUT2D eigenvalue weighted by molar-refractivity contribution is -0.122. The quantitative estimate of drug-likeness (QED) is 0.417. The van der Waals surface area contributed by atoms with Crippen molar-refractivity contribution in [2.45, 2.75) is 57.9 Å². The monoisotopic (exact) mass is 440 g/mol. The van der Waals surface area contributed by atoms with Gasteiger partial charge in [0.25, 0.3) is 5.91 Å². The van der Waals surface area contributed by atoms with Crippen molar-refractivity contribution in [2.24, 2.45) is 0 Å². The minimum absolute atomic E-state index is 0.0233. The number of carbonyl (C=O) groups is 3. The Morgan fingerprint density at radius 3 is 2.44 bits per heavy atom. The molecule has 0 aliphatic carbocycles. The maximum absolute atomic E-state index is 12.4. The molecule has 0 saturated carbocycles. The fourth-order valence-corrected chi connectivity index (χ4v) is 3.75. The van der Waals surface area contributed by atoms with Crippen LogP contribution in [0, 0.1) is 0 Å². The van der Waals surface area contributed by atoms with Crippen molar-refractivity contribution in [1.82, 2.24) is 10.2 Å². The second kappa shape index (κ2) is 12.1. The topological polar surface area (TPSA) is 88.9 Å². The number of nitrogens with one attached hydrogen (secondary N) is 1. The zero-order valence-corrected chi connectivity index (χ0v) is 18.7. The highest BCUT2D eigenvalue weighted by atomic mass is 16.5. The van der Waals surface area contributed by atoms with Crippen LogP contribution in [0.2, 0.25) is 0 Å². The molecule has 1 aliphatic heterocycles. The molecule has 3 rings (SSSR count). The van der Waals surface area contributed by atoms with Gasteiger partial charge in [-0.1, -0.05) is 19.8 Å². The van der Waals surface area contributed by atoms with Crippen molar-refractivity contribution in [3.05, 3.63) is 54.0 Å². The van der Waals surface area contributed by atoms with Crippen LogP contribution in [0.3, 0.4) is 0 Å². The van der Waals surface area contributed by atoms with E-state index >= 15 is 0 Å². The lowest BCUT2D eigenvalue weighted by atomic mass is 10.0. The molecule has 7 nitrogen and oxygen atoms in total. The molecule has 0 bridgehead atoms. The van der Waals surface area contributed by atoms with Gasteiger partial charge in [0.2, 0.25) is 5.91 Å². The lowest BCUT2D eigenvalue weighted by Gasteiger charge is -2.32. The number of rotatable bonds is 11. The third kappa shape index (κ3) is 6.97. The lowest BCUT2D eigenvalue weighted by Crippen LogP contribution is -2.46. The molecule has 1 fully saturated rings. The Morgan fingerprint density at radius 2 is 1.78 bits per heavy atom. The Morgan fingerprint density at radius 1 is 1.03 bits per heavy atom. The SMILES string of the molecule is CCCCCOc1ccc(C(=O)CCC(=O)NC2CCN(C(=O)c3ccoc3)CC2)cc1. The molecule has 2 aromatic rings. The van der Waals surface area contributed by atoms with Crippen LogP contribution >= 0.6 is 0 Å². The molecule has 0 unspecified atom stereocenters. The molecule has 1 aliphatic rings. The molecule has 2 amide bonds. The second-order valence-electron chi connectivity index (χ2n) is 8.15. The van der Waals surface area contributed by atoms with Crippen molar-refractivity contribution in [1.29, 1.82) is 0 Å². The number of Topliss-reactive ketones (excluding diaryl/α,β-unsaturated/α-hetero) is 1. The van der Waals surface area contributed by atoms with E-state index in [0.29, 0.717) is 43.7 Å². The first-order valence-electron chi connectivity index (χ1n) is 11.4. The number of carbonyl (C=O) groups excluding carboxylic acids is 3. The van der Waals surface area contributed by atoms with E-state index in [1.165, 1.54) is 12.5 Å². The molecule has 1 aromatic heterocycles. The summed E-state index contributed by atoms with van der Waals surface area (Å²) in [5, 5.41) is 2.99. The Bertz CT molecular complexity index is 868. The predicted octanol–water partition coefficient (Wildman–Crippen LogP) is 4.23. The molecular weight excluding hydrogens is 408 g/mol. The van der Waals surface area contributed by atoms with Crippen molar-refractivity contribution in [3.8, 4) is 5.75 Å². The van der Waals surface area contributed by atoms with Gasteiger partial charge >= 0.3 is 0 Å². The predicted molar refractivity (Wildman–Crippen MR) is 121 cm³/mol. The molecule has 172 valence electrons. The third-order valence-corrected chi connectivity index (χ3v) is 5.69. The summed E-state index contributed by atoms with van der Waals surface area (Å²) < 4.78 is 10.6. The number of amides is 2. The van der Waals surface area contributed by atoms with Crippen LogP contribution in [0.25, 0.3) is 0 Å². The summed E-state index contributed by atoms with van der Waals surface area (Å²) in [6.45, 7) is 4.00. The molecule has 1 N–H and O–H groups in total. The van der Waals surface area contributed by atoms with Gasteiger partial charge in [-0.05, 0) is 49.6 Å². The number of unbranched alkanes of at least 4 members (excludes halogenated alkanes) is 2. The average Bonchev–Trinajstić information content (AvgIpc) is 3.36. The summed E-state index contributed by atoms with van der Waals surface area (Å²) in [7, 11) is 0. The number of ether oxygens (including phenoxy) is 1. The van der Waals surface area contributed by atoms with Gasteiger partial charge in [0.05, 0.1) is 18.4 Å². The normalized spacial score (nSPS) is 14.2. The van der Waals surface area contributed by atoms with E-state index in [2.05, 4.69) is 12.2 Å². The van der Waals surface area contributed by atoms with Crippen LogP contribution in [0.15, 0.2) is 47.3 Å². The second-order valence-corrected chi connectivity index (χ2v) is 8.15. The molecule has 0 spiro atoms. The molecule has 0 radical (unpaired) electrons. The zero-order chi connectivity index (χ0) is 22.8. The minimum atomic E-state index is -0.131. The third-order valence-electron chi connectivity index (χ3n) is 5.69. The summed E-state index contributed by atoms with van der Waals surface area (Å²) >= 11 is 0. The van der Waals surface area contributed by atoms with Crippen molar-refractivity contribution in [2.75, 3.05) is 19.7 Å². The van der Waals surface area contributed by atoms with Crippen LogP contribution in [0.1, 0.15) is 72.6 Å². The standard InChI is InChI=1S/C25H32N2O5/c1-2-3-4-16-32-22-7-5-19(6-8-22)23(28)9-10-24(29)26-21-11-14-27(15-12-21)25(30)20-13-17-31-18-20/h5-8,13,17-18,21H,2-4,9-12,14-16H2,1H3,(H,26,29). The summed E-state index contributed by atoms with van der Waals surface area (Å²) in [5.74, 6) is 0.520. The Kier molecular flexibility index (Phi) is 8.90. The van der Waals surface area contributed by atoms with Crippen LogP contribution < -0.4 is 10.1 Å². The smallest absolute Gasteiger partial charge is 0.257 e. The molecule has 1 aromatic carbocycles. The van der Waals surface area contributed by atoms with Crippen LogP contribution in [-0.4, -0.2) is 48.2 Å². The molecular formula is C25H32N2O5. The summed E-state index contributed by atoms with van der Waals surface area (Å²) in [6, 6.07) is 8.79. The first kappa shape index (κ1) is 23.6. The molecule has 1 saturated heterocycles. The van der Waals surface area contributed by atoms with Gasteiger partial charge < -0.3 is 19.4 Å². The summed E-state index contributed by atoms with van der Waals surface area (Å²) in [6.07, 6.45) is 7.96. The molecule has 2 heterocycles. The van der Waals surface area contributed by atoms with E-state index in [1.807, 2.05) is 0 Å². The number of likely N-dealkylation sites (tertiary alicyclic amines) is 1. The first-order valence-corrected chi connectivity index (χ1v) is 11.4. The number of piperidine rings is 1. The highest BCUT2D eigenvalue weighted by molar-refractivity contribution is 5.98. The van der Waals surface area contributed by atoms with Gasteiger partial charge in [0, 0.05) is 37.5 Å². The van der Waals surface area contributed by atoms with Gasteiger partial charge in [-0.15, -0.1) is 0 Å². The Balaban J connectivity index is 1.35. The van der Waals surface area contributed by atoms with Gasteiger partial charge in [0.1, 0.15) is 12.0 Å². The largest absolute Gasteiger partial charge is 0.494 e. The van der Waals surface area contributed by atoms with Crippen LogP contribution in [0.4, 0.5) is 0 Å².